The molecular formula is C22H26ClN9O. The Bertz CT molecular complexity index is 1310. The molecule has 0 saturated carbocycles. The molecular weight excluding hydrogens is 442 g/mol. The fourth-order valence-corrected chi connectivity index (χ4v) is 4.59. The maximum absolute atomic E-state index is 6.32. The first-order valence-corrected chi connectivity index (χ1v) is 11.5. The number of methoxy groups -OCH3 is 1. The van der Waals surface area contributed by atoms with Crippen molar-refractivity contribution in [1.29, 1.82) is 0 Å². The van der Waals surface area contributed by atoms with E-state index < -0.39 is 0 Å². The molecule has 10 nitrogen and oxygen atoms in total. The number of nitrogens with one attached hydrogen (secondary N) is 1. The van der Waals surface area contributed by atoms with Gasteiger partial charge in [-0.3, -0.25) is 0 Å². The number of hydrogen-bond donors (Lipinski definition) is 1. The lowest BCUT2D eigenvalue weighted by molar-refractivity contribution is 0.398. The van der Waals surface area contributed by atoms with Gasteiger partial charge in [-0.2, -0.15) is 0 Å². The van der Waals surface area contributed by atoms with Gasteiger partial charge in [0, 0.05) is 43.2 Å². The third kappa shape index (κ3) is 3.78. The minimum atomic E-state index is 0.191. The SMILES string of the molecule is CCn1c(-c2cnc(OC)c(Cl)c2)nc2c(N[C@@H]3CCc4nnc(C(C)C)n4C3)ncnc21. The second-order valence-electron chi connectivity index (χ2n) is 8.41. The average Bonchev–Trinajstić information content (AvgIpc) is 3.40. The molecule has 5 rings (SSSR count). The number of fused-ring (bicyclic) bond motifs is 2. The van der Waals surface area contributed by atoms with Crippen LogP contribution in [-0.2, 0) is 19.5 Å². The van der Waals surface area contributed by atoms with E-state index in [1.807, 2.05) is 10.6 Å². The summed E-state index contributed by atoms with van der Waals surface area (Å²) in [6, 6.07) is 2.00. The maximum atomic E-state index is 6.32. The third-order valence-electron chi connectivity index (χ3n) is 5.94. The highest BCUT2D eigenvalue weighted by Gasteiger charge is 2.26. The number of halogens is 1. The number of pyridine rings is 1. The Kier molecular flexibility index (Phi) is 5.61. The fraction of sp³-hybridized carbons (Fsp3) is 0.455. The highest BCUT2D eigenvalue weighted by molar-refractivity contribution is 6.32. The molecule has 33 heavy (non-hydrogen) atoms. The first kappa shape index (κ1) is 21.6. The largest absolute Gasteiger partial charge is 0.480 e. The van der Waals surface area contributed by atoms with Crippen molar-refractivity contribution >= 4 is 28.6 Å². The summed E-state index contributed by atoms with van der Waals surface area (Å²) in [5, 5.41) is 12.8. The number of hydrogen-bond acceptors (Lipinski definition) is 8. The molecule has 0 spiro atoms. The van der Waals surface area contributed by atoms with Crippen molar-refractivity contribution in [3.63, 3.8) is 0 Å². The summed E-state index contributed by atoms with van der Waals surface area (Å²) < 4.78 is 9.45. The van der Waals surface area contributed by atoms with E-state index >= 15 is 0 Å². The Morgan fingerprint density at radius 3 is 2.82 bits per heavy atom. The summed E-state index contributed by atoms with van der Waals surface area (Å²) in [6.45, 7) is 7.82. The second kappa shape index (κ2) is 8.58. The summed E-state index contributed by atoms with van der Waals surface area (Å²) in [4.78, 5) is 18.2. The van der Waals surface area contributed by atoms with Crippen LogP contribution in [0, 0.1) is 0 Å². The number of ether oxygens (including phenoxy) is 1. The van der Waals surface area contributed by atoms with Crippen molar-refractivity contribution in [3.05, 3.63) is 35.3 Å². The van der Waals surface area contributed by atoms with Crippen LogP contribution < -0.4 is 10.1 Å². The zero-order valence-electron chi connectivity index (χ0n) is 19.1. The van der Waals surface area contributed by atoms with Crippen molar-refractivity contribution < 1.29 is 4.74 Å². The zero-order valence-corrected chi connectivity index (χ0v) is 19.8. The molecule has 11 heteroatoms. The van der Waals surface area contributed by atoms with Gasteiger partial charge < -0.3 is 19.2 Å². The van der Waals surface area contributed by atoms with Gasteiger partial charge in [0.2, 0.25) is 5.88 Å². The number of imidazole rings is 1. The molecule has 0 bridgehead atoms. The minimum absolute atomic E-state index is 0.191. The molecule has 0 fully saturated rings. The van der Waals surface area contributed by atoms with Gasteiger partial charge in [-0.05, 0) is 19.4 Å². The van der Waals surface area contributed by atoms with Crippen LogP contribution in [0.4, 0.5) is 5.82 Å². The molecule has 1 N–H and O–H groups in total. The van der Waals surface area contributed by atoms with E-state index in [1.165, 1.54) is 0 Å². The van der Waals surface area contributed by atoms with Crippen molar-refractivity contribution in [3.8, 4) is 17.3 Å². The van der Waals surface area contributed by atoms with E-state index in [1.54, 1.807) is 19.6 Å². The first-order chi connectivity index (χ1) is 16.0. The standard InChI is InChI=1S/C22H26ClN9O/c1-5-31-20(13-8-15(23)22(33-4)24-9-13)28-17-18(25-11-26-21(17)31)27-14-6-7-16-29-30-19(12(2)3)32(16)10-14/h8-9,11-12,14H,5-7,10H2,1-4H3,(H,25,26,27)/t14-/m1/s1. The molecule has 0 saturated heterocycles. The highest BCUT2D eigenvalue weighted by atomic mass is 35.5. The van der Waals surface area contributed by atoms with Gasteiger partial charge in [0.05, 0.1) is 7.11 Å². The lowest BCUT2D eigenvalue weighted by atomic mass is 10.1. The maximum Gasteiger partial charge on any atom is 0.232 e. The van der Waals surface area contributed by atoms with E-state index in [0.29, 0.717) is 29.2 Å². The monoisotopic (exact) mass is 467 g/mol. The Balaban J connectivity index is 1.50. The smallest absolute Gasteiger partial charge is 0.232 e. The molecule has 1 atom stereocenters. The van der Waals surface area contributed by atoms with Crippen molar-refractivity contribution in [2.24, 2.45) is 0 Å². The van der Waals surface area contributed by atoms with Crippen LogP contribution in [0.5, 0.6) is 5.88 Å². The number of aryl methyl sites for hydroxylation is 2. The predicted octanol–water partition coefficient (Wildman–Crippen LogP) is 3.71. The highest BCUT2D eigenvalue weighted by Crippen LogP contribution is 2.31. The predicted molar refractivity (Wildman–Crippen MR) is 126 cm³/mol. The van der Waals surface area contributed by atoms with E-state index in [0.717, 1.165) is 53.6 Å². The quantitative estimate of drug-likeness (QED) is 0.457. The van der Waals surface area contributed by atoms with E-state index in [9.17, 15) is 0 Å². The van der Waals surface area contributed by atoms with Crippen LogP contribution in [0.25, 0.3) is 22.6 Å². The van der Waals surface area contributed by atoms with Gasteiger partial charge in [0.25, 0.3) is 0 Å². The summed E-state index contributed by atoms with van der Waals surface area (Å²) in [7, 11) is 1.54. The fourth-order valence-electron chi connectivity index (χ4n) is 4.35. The van der Waals surface area contributed by atoms with Gasteiger partial charge in [-0.25, -0.2) is 19.9 Å². The molecule has 4 aromatic rings. The Morgan fingerprint density at radius 1 is 1.24 bits per heavy atom. The third-order valence-corrected chi connectivity index (χ3v) is 6.21. The second-order valence-corrected chi connectivity index (χ2v) is 8.82. The molecule has 5 heterocycles. The molecule has 0 amide bonds. The number of rotatable bonds is 6. The van der Waals surface area contributed by atoms with Crippen LogP contribution in [0.1, 0.15) is 44.8 Å². The van der Waals surface area contributed by atoms with Crippen molar-refractivity contribution in [2.75, 3.05) is 12.4 Å². The number of anilines is 1. The van der Waals surface area contributed by atoms with Crippen LogP contribution in [0.15, 0.2) is 18.6 Å². The van der Waals surface area contributed by atoms with E-state index in [2.05, 4.69) is 55.8 Å². The Hall–Kier alpha value is -3.27. The average molecular weight is 468 g/mol. The minimum Gasteiger partial charge on any atom is -0.480 e. The first-order valence-electron chi connectivity index (χ1n) is 11.1. The molecule has 0 aliphatic carbocycles. The van der Waals surface area contributed by atoms with Crippen molar-refractivity contribution in [1.82, 2.24) is 39.3 Å². The van der Waals surface area contributed by atoms with E-state index in [-0.39, 0.29) is 6.04 Å². The van der Waals surface area contributed by atoms with E-state index in [4.69, 9.17) is 21.3 Å². The lowest BCUT2D eigenvalue weighted by Crippen LogP contribution is -2.32. The molecule has 0 radical (unpaired) electrons. The normalized spacial score (nSPS) is 15.8. The van der Waals surface area contributed by atoms with Gasteiger partial charge in [-0.1, -0.05) is 25.4 Å². The molecule has 172 valence electrons. The lowest BCUT2D eigenvalue weighted by Gasteiger charge is -2.26. The van der Waals surface area contributed by atoms with Gasteiger partial charge in [0.1, 0.15) is 28.8 Å². The number of nitrogens with zero attached hydrogens (tertiary/aromatic N) is 8. The van der Waals surface area contributed by atoms with Gasteiger partial charge in [-0.15, -0.1) is 10.2 Å². The number of aromatic nitrogens is 8. The molecule has 4 aromatic heterocycles. The topological polar surface area (TPSA) is 108 Å². The Labute approximate surface area is 196 Å². The van der Waals surface area contributed by atoms with Crippen LogP contribution in [0.3, 0.4) is 0 Å². The Morgan fingerprint density at radius 2 is 2.09 bits per heavy atom. The zero-order chi connectivity index (χ0) is 23.1. The molecule has 1 aliphatic rings. The summed E-state index contributed by atoms with van der Waals surface area (Å²) in [5.74, 6) is 4.22. The summed E-state index contributed by atoms with van der Waals surface area (Å²) in [5.41, 5.74) is 2.28. The van der Waals surface area contributed by atoms with Crippen LogP contribution in [0.2, 0.25) is 5.02 Å². The molecule has 0 unspecified atom stereocenters. The summed E-state index contributed by atoms with van der Waals surface area (Å²) in [6.07, 6.45) is 5.10. The van der Waals surface area contributed by atoms with Crippen LogP contribution >= 0.6 is 11.6 Å². The van der Waals surface area contributed by atoms with Crippen LogP contribution in [-0.4, -0.2) is 52.4 Å². The van der Waals surface area contributed by atoms with Gasteiger partial charge >= 0.3 is 0 Å². The van der Waals surface area contributed by atoms with Gasteiger partial charge in [0.15, 0.2) is 17.0 Å². The summed E-state index contributed by atoms with van der Waals surface area (Å²) >= 11 is 6.32. The molecule has 1 aliphatic heterocycles. The molecule has 0 aromatic carbocycles. The van der Waals surface area contributed by atoms with Crippen molar-refractivity contribution in [2.45, 2.75) is 58.7 Å².